The summed E-state index contributed by atoms with van der Waals surface area (Å²) in [6.45, 7) is 7.45. The van der Waals surface area contributed by atoms with Gasteiger partial charge in [0.2, 0.25) is 5.89 Å². The third-order valence-corrected chi connectivity index (χ3v) is 3.70. The molecule has 0 atom stereocenters. The number of benzene rings is 1. The van der Waals surface area contributed by atoms with E-state index in [4.69, 9.17) is 4.42 Å². The molecule has 20 heavy (non-hydrogen) atoms. The van der Waals surface area contributed by atoms with Crippen molar-refractivity contribution < 1.29 is 4.42 Å². The van der Waals surface area contributed by atoms with Gasteiger partial charge in [-0.1, -0.05) is 32.9 Å². The Labute approximate surface area is 120 Å². The molecule has 0 bridgehead atoms. The fourth-order valence-electron chi connectivity index (χ4n) is 2.17. The molecule has 1 fully saturated rings. The van der Waals surface area contributed by atoms with Gasteiger partial charge in [-0.15, -0.1) is 0 Å². The molecule has 1 N–H and O–H groups in total. The summed E-state index contributed by atoms with van der Waals surface area (Å²) >= 11 is 0. The second-order valence-electron chi connectivity index (χ2n) is 6.63. The van der Waals surface area contributed by atoms with Gasteiger partial charge in [0.25, 0.3) is 0 Å². The third kappa shape index (κ3) is 3.10. The van der Waals surface area contributed by atoms with Crippen LogP contribution >= 0.6 is 0 Å². The molecule has 1 heterocycles. The van der Waals surface area contributed by atoms with Crippen LogP contribution < -0.4 is 5.32 Å². The summed E-state index contributed by atoms with van der Waals surface area (Å²) in [5.41, 5.74) is 3.51. The summed E-state index contributed by atoms with van der Waals surface area (Å²) < 4.78 is 5.58. The van der Waals surface area contributed by atoms with E-state index < -0.39 is 0 Å². The van der Waals surface area contributed by atoms with Gasteiger partial charge in [-0.2, -0.15) is 0 Å². The molecule has 3 rings (SSSR count). The maximum atomic E-state index is 5.58. The lowest BCUT2D eigenvalue weighted by molar-refractivity contribution is 0.569. The van der Waals surface area contributed by atoms with Crippen LogP contribution in [0.25, 0.3) is 11.5 Å². The fourth-order valence-corrected chi connectivity index (χ4v) is 2.17. The summed E-state index contributed by atoms with van der Waals surface area (Å²) in [5, 5.41) is 3.44. The lowest BCUT2D eigenvalue weighted by Crippen LogP contribution is -2.15. The minimum absolute atomic E-state index is 0.175. The van der Waals surface area contributed by atoms with E-state index in [1.165, 1.54) is 18.4 Å². The van der Waals surface area contributed by atoms with Crippen LogP contribution in [0.4, 0.5) is 0 Å². The molecule has 1 aromatic heterocycles. The highest BCUT2D eigenvalue weighted by molar-refractivity contribution is 5.54. The van der Waals surface area contributed by atoms with Crippen molar-refractivity contribution >= 4 is 0 Å². The fraction of sp³-hybridized carbons (Fsp3) is 0.471. The first-order chi connectivity index (χ1) is 9.52. The van der Waals surface area contributed by atoms with Crippen molar-refractivity contribution in [3.63, 3.8) is 0 Å². The third-order valence-electron chi connectivity index (χ3n) is 3.70. The molecule has 2 aromatic rings. The minimum Gasteiger partial charge on any atom is -0.444 e. The predicted molar refractivity (Wildman–Crippen MR) is 80.5 cm³/mol. The van der Waals surface area contributed by atoms with Crippen LogP contribution in [-0.2, 0) is 12.0 Å². The quantitative estimate of drug-likeness (QED) is 0.916. The minimum atomic E-state index is 0.175. The lowest BCUT2D eigenvalue weighted by Gasteiger charge is -2.18. The highest BCUT2D eigenvalue weighted by atomic mass is 16.3. The van der Waals surface area contributed by atoms with E-state index in [1.54, 1.807) is 6.26 Å². The van der Waals surface area contributed by atoms with Crippen molar-refractivity contribution in [2.75, 3.05) is 0 Å². The number of hydrogen-bond donors (Lipinski definition) is 1. The molecule has 1 aromatic carbocycles. The maximum absolute atomic E-state index is 5.58. The van der Waals surface area contributed by atoms with E-state index >= 15 is 0 Å². The summed E-state index contributed by atoms with van der Waals surface area (Å²) in [7, 11) is 0. The van der Waals surface area contributed by atoms with Crippen molar-refractivity contribution in [1.82, 2.24) is 10.3 Å². The van der Waals surface area contributed by atoms with Crippen LogP contribution in [0, 0.1) is 0 Å². The van der Waals surface area contributed by atoms with Gasteiger partial charge in [0.1, 0.15) is 6.26 Å². The second-order valence-corrected chi connectivity index (χ2v) is 6.63. The topological polar surface area (TPSA) is 38.1 Å². The van der Waals surface area contributed by atoms with Crippen LogP contribution in [0.2, 0.25) is 0 Å². The normalized spacial score (nSPS) is 15.6. The molecule has 0 amide bonds. The highest BCUT2D eigenvalue weighted by Gasteiger charge is 2.20. The Kier molecular flexibility index (Phi) is 3.38. The molecule has 1 saturated carbocycles. The van der Waals surface area contributed by atoms with Gasteiger partial charge in [-0.25, -0.2) is 4.98 Å². The highest BCUT2D eigenvalue weighted by Crippen LogP contribution is 2.26. The van der Waals surface area contributed by atoms with Crippen LogP contribution in [-0.4, -0.2) is 11.0 Å². The monoisotopic (exact) mass is 270 g/mol. The van der Waals surface area contributed by atoms with Gasteiger partial charge in [0.15, 0.2) is 0 Å². The molecule has 1 aliphatic carbocycles. The Bertz CT molecular complexity index is 574. The zero-order valence-corrected chi connectivity index (χ0v) is 12.4. The molecule has 0 spiro atoms. The number of rotatable bonds is 4. The molecule has 1 aliphatic rings. The molecule has 0 saturated heterocycles. The molecule has 0 radical (unpaired) electrons. The average molecular weight is 270 g/mol. The van der Waals surface area contributed by atoms with Gasteiger partial charge in [-0.3, -0.25) is 0 Å². The molecular formula is C17H22N2O. The zero-order valence-electron chi connectivity index (χ0n) is 12.4. The number of nitrogens with one attached hydrogen (secondary N) is 1. The molecule has 3 nitrogen and oxygen atoms in total. The van der Waals surface area contributed by atoms with Crippen molar-refractivity contribution in [3.8, 4) is 11.5 Å². The SMILES string of the molecule is CC(C)(C)c1ccc(-c2nc(CNC3CC3)co2)cc1. The van der Waals surface area contributed by atoms with E-state index in [2.05, 4.69) is 55.3 Å². The average Bonchev–Trinajstić information content (AvgIpc) is 3.13. The summed E-state index contributed by atoms with van der Waals surface area (Å²) in [6, 6.07) is 9.18. The Hall–Kier alpha value is -1.61. The molecule has 0 unspecified atom stereocenters. The van der Waals surface area contributed by atoms with Crippen molar-refractivity contribution in [3.05, 3.63) is 41.8 Å². The summed E-state index contributed by atoms with van der Waals surface area (Å²) in [5.74, 6) is 0.707. The van der Waals surface area contributed by atoms with Gasteiger partial charge in [0.05, 0.1) is 5.69 Å². The number of hydrogen-bond acceptors (Lipinski definition) is 3. The number of nitrogens with zero attached hydrogens (tertiary/aromatic N) is 1. The van der Waals surface area contributed by atoms with E-state index in [9.17, 15) is 0 Å². The van der Waals surface area contributed by atoms with E-state index in [-0.39, 0.29) is 5.41 Å². The lowest BCUT2D eigenvalue weighted by atomic mass is 9.87. The van der Waals surface area contributed by atoms with Gasteiger partial charge >= 0.3 is 0 Å². The molecular weight excluding hydrogens is 248 g/mol. The van der Waals surface area contributed by atoms with Gasteiger partial charge in [0, 0.05) is 18.2 Å². The molecule has 0 aliphatic heterocycles. The maximum Gasteiger partial charge on any atom is 0.226 e. The van der Waals surface area contributed by atoms with Crippen LogP contribution in [0.15, 0.2) is 34.9 Å². The van der Waals surface area contributed by atoms with Crippen LogP contribution in [0.1, 0.15) is 44.9 Å². The van der Waals surface area contributed by atoms with E-state index in [1.807, 2.05) is 0 Å². The van der Waals surface area contributed by atoms with Crippen molar-refractivity contribution in [2.24, 2.45) is 0 Å². The Morgan fingerprint density at radius 2 is 1.90 bits per heavy atom. The summed E-state index contributed by atoms with van der Waals surface area (Å²) in [4.78, 5) is 4.54. The Balaban J connectivity index is 1.71. The van der Waals surface area contributed by atoms with Crippen molar-refractivity contribution in [2.45, 2.75) is 51.6 Å². The van der Waals surface area contributed by atoms with Crippen LogP contribution in [0.5, 0.6) is 0 Å². The van der Waals surface area contributed by atoms with Gasteiger partial charge in [-0.05, 0) is 36.0 Å². The number of oxazole rings is 1. The Morgan fingerprint density at radius 3 is 2.50 bits per heavy atom. The van der Waals surface area contributed by atoms with E-state index in [0.29, 0.717) is 11.9 Å². The zero-order chi connectivity index (χ0) is 14.2. The Morgan fingerprint density at radius 1 is 1.20 bits per heavy atom. The van der Waals surface area contributed by atoms with Crippen LogP contribution in [0.3, 0.4) is 0 Å². The largest absolute Gasteiger partial charge is 0.444 e. The molecule has 106 valence electrons. The van der Waals surface area contributed by atoms with E-state index in [0.717, 1.165) is 17.8 Å². The predicted octanol–water partition coefficient (Wildman–Crippen LogP) is 3.89. The standard InChI is InChI=1S/C17H22N2O/c1-17(2,3)13-6-4-12(5-7-13)16-19-15(11-20-16)10-18-14-8-9-14/h4-7,11,14,18H,8-10H2,1-3H3. The van der Waals surface area contributed by atoms with Gasteiger partial charge < -0.3 is 9.73 Å². The smallest absolute Gasteiger partial charge is 0.226 e. The number of aromatic nitrogens is 1. The second kappa shape index (κ2) is 5.06. The molecule has 3 heteroatoms. The first-order valence-electron chi connectivity index (χ1n) is 7.31. The first kappa shape index (κ1) is 13.4. The summed E-state index contributed by atoms with van der Waals surface area (Å²) in [6.07, 6.45) is 4.33. The van der Waals surface area contributed by atoms with Crippen molar-refractivity contribution in [1.29, 1.82) is 0 Å². The first-order valence-corrected chi connectivity index (χ1v) is 7.31.